The molecule has 0 spiro atoms. The molecule has 0 saturated carbocycles. The van der Waals surface area contributed by atoms with Crippen molar-refractivity contribution in [3.05, 3.63) is 41.7 Å². The first-order valence-electron chi connectivity index (χ1n) is 8.35. The number of amides is 1. The first-order chi connectivity index (χ1) is 13.1. The summed E-state index contributed by atoms with van der Waals surface area (Å²) < 4.78 is 15.4. The van der Waals surface area contributed by atoms with Gasteiger partial charge in [0, 0.05) is 6.92 Å². The van der Waals surface area contributed by atoms with Crippen LogP contribution in [0.15, 0.2) is 30.3 Å². The monoisotopic (exact) mass is 387 g/mol. The van der Waals surface area contributed by atoms with Gasteiger partial charge in [-0.2, -0.15) is 4.98 Å². The highest BCUT2D eigenvalue weighted by Crippen LogP contribution is 2.26. The van der Waals surface area contributed by atoms with E-state index in [9.17, 15) is 14.4 Å². The van der Waals surface area contributed by atoms with Gasteiger partial charge in [0.15, 0.2) is 23.0 Å². The van der Waals surface area contributed by atoms with Crippen LogP contribution in [0.4, 0.5) is 10.6 Å². The van der Waals surface area contributed by atoms with Crippen molar-refractivity contribution in [1.29, 1.82) is 0 Å². The van der Waals surface area contributed by atoms with Crippen LogP contribution in [-0.4, -0.2) is 40.5 Å². The highest BCUT2D eigenvalue weighted by Gasteiger charge is 2.26. The number of nitrogens with one attached hydrogen (secondary N) is 1. The Morgan fingerprint density at radius 3 is 2.18 bits per heavy atom. The second-order valence-corrected chi connectivity index (χ2v) is 6.66. The van der Waals surface area contributed by atoms with Crippen LogP contribution in [-0.2, 0) is 9.47 Å². The van der Waals surface area contributed by atoms with Gasteiger partial charge in [-0.15, -0.1) is 0 Å². The fourth-order valence-electron chi connectivity index (χ4n) is 2.05. The highest BCUT2D eigenvalue weighted by atomic mass is 16.6. The lowest BCUT2D eigenvalue weighted by molar-refractivity contribution is 0.0593. The Kier molecular flexibility index (Phi) is 6.29. The van der Waals surface area contributed by atoms with E-state index in [1.807, 2.05) is 0 Å². The Hall–Kier alpha value is -3.49. The van der Waals surface area contributed by atoms with E-state index in [2.05, 4.69) is 15.3 Å². The van der Waals surface area contributed by atoms with Crippen LogP contribution in [0, 0.1) is 0 Å². The molecule has 0 aliphatic rings. The third kappa shape index (κ3) is 5.50. The van der Waals surface area contributed by atoms with E-state index in [0.717, 1.165) is 7.11 Å². The van der Waals surface area contributed by atoms with Gasteiger partial charge in [0.1, 0.15) is 11.4 Å². The van der Waals surface area contributed by atoms with Crippen LogP contribution < -0.4 is 10.1 Å². The lowest BCUT2D eigenvalue weighted by Gasteiger charge is -2.20. The van der Waals surface area contributed by atoms with Gasteiger partial charge in [-0.3, -0.25) is 10.1 Å². The molecule has 2 aromatic rings. The molecule has 0 aliphatic heterocycles. The molecule has 2 rings (SSSR count). The zero-order valence-electron chi connectivity index (χ0n) is 16.2. The minimum atomic E-state index is -0.869. The predicted octanol–water partition coefficient (Wildman–Crippen LogP) is 3.61. The summed E-state index contributed by atoms with van der Waals surface area (Å²) in [5, 5.41) is 2.33. The molecule has 0 radical (unpaired) electrons. The fourth-order valence-corrected chi connectivity index (χ4v) is 2.05. The summed E-state index contributed by atoms with van der Waals surface area (Å²) in [7, 11) is 1.15. The van der Waals surface area contributed by atoms with Gasteiger partial charge in [-0.25, -0.2) is 14.6 Å². The van der Waals surface area contributed by atoms with E-state index >= 15 is 0 Å². The minimum absolute atomic E-state index is 0.164. The maximum Gasteiger partial charge on any atom is 0.413 e. The van der Waals surface area contributed by atoms with Crippen molar-refractivity contribution in [2.75, 3.05) is 12.4 Å². The van der Waals surface area contributed by atoms with Crippen molar-refractivity contribution < 1.29 is 28.6 Å². The quantitative estimate of drug-likeness (QED) is 0.611. The molecule has 1 aromatic heterocycles. The third-order valence-electron chi connectivity index (χ3n) is 3.15. The summed E-state index contributed by atoms with van der Waals surface area (Å²) in [6, 6.07) is 8.55. The van der Waals surface area contributed by atoms with Gasteiger partial charge < -0.3 is 14.2 Å². The number of carbonyl (C=O) groups is 3. The summed E-state index contributed by atoms with van der Waals surface area (Å²) in [5.41, 5.74) is -1.27. The van der Waals surface area contributed by atoms with Gasteiger partial charge in [0.05, 0.1) is 7.11 Å². The van der Waals surface area contributed by atoms with Gasteiger partial charge >= 0.3 is 12.1 Å². The molecule has 1 heterocycles. The van der Waals surface area contributed by atoms with Gasteiger partial charge in [0.25, 0.3) is 0 Å². The number of Topliss-reactive ketones (excluding diaryl/α,β-unsaturated/α-hetero) is 1. The van der Waals surface area contributed by atoms with Crippen molar-refractivity contribution in [2.24, 2.45) is 0 Å². The molecule has 0 fully saturated rings. The molecule has 1 amide bonds. The summed E-state index contributed by atoms with van der Waals surface area (Å²) in [6.07, 6.45) is -0.863. The molecule has 1 N–H and O–H groups in total. The summed E-state index contributed by atoms with van der Waals surface area (Å²) in [4.78, 5) is 44.4. The Morgan fingerprint density at radius 2 is 1.64 bits per heavy atom. The number of hydrogen-bond donors (Lipinski definition) is 1. The van der Waals surface area contributed by atoms with E-state index in [0.29, 0.717) is 5.75 Å². The van der Waals surface area contributed by atoms with Crippen molar-refractivity contribution in [3.8, 4) is 11.6 Å². The Balaban J connectivity index is 2.49. The van der Waals surface area contributed by atoms with Gasteiger partial charge in [0.2, 0.25) is 5.88 Å². The topological polar surface area (TPSA) is 117 Å². The van der Waals surface area contributed by atoms with Crippen LogP contribution in [0.1, 0.15) is 48.7 Å². The molecule has 9 nitrogen and oxygen atoms in total. The summed E-state index contributed by atoms with van der Waals surface area (Å²) in [5.74, 6) is -1.41. The average Bonchev–Trinajstić information content (AvgIpc) is 2.61. The van der Waals surface area contributed by atoms with Crippen LogP contribution in [0.25, 0.3) is 0 Å². The number of carbonyl (C=O) groups excluding carboxylic acids is 3. The second kappa shape index (κ2) is 8.47. The number of ether oxygens (including phenoxy) is 3. The molecule has 0 atom stereocenters. The molecule has 0 bridgehead atoms. The number of methoxy groups -OCH3 is 1. The number of benzene rings is 1. The number of aromatic nitrogens is 2. The molecule has 1 aromatic carbocycles. The predicted molar refractivity (Wildman–Crippen MR) is 99.7 cm³/mol. The largest absolute Gasteiger partial charge is 0.464 e. The average molecular weight is 387 g/mol. The first-order valence-corrected chi connectivity index (χ1v) is 8.35. The Morgan fingerprint density at radius 1 is 1.00 bits per heavy atom. The van der Waals surface area contributed by atoms with Crippen LogP contribution >= 0.6 is 0 Å². The van der Waals surface area contributed by atoms with Crippen LogP contribution in [0.5, 0.6) is 11.6 Å². The van der Waals surface area contributed by atoms with E-state index in [4.69, 9.17) is 14.2 Å². The second-order valence-electron chi connectivity index (χ2n) is 6.66. The number of hydrogen-bond acceptors (Lipinski definition) is 8. The Labute approximate surface area is 162 Å². The minimum Gasteiger partial charge on any atom is -0.464 e. The number of rotatable bonds is 5. The maximum absolute atomic E-state index is 12.1. The number of ketones is 1. The van der Waals surface area contributed by atoms with Gasteiger partial charge in [-0.05, 0) is 32.9 Å². The van der Waals surface area contributed by atoms with Crippen molar-refractivity contribution >= 4 is 23.7 Å². The lowest BCUT2D eigenvalue weighted by atomic mass is 10.2. The van der Waals surface area contributed by atoms with Crippen LogP contribution in [0.3, 0.4) is 0 Å². The number of esters is 1. The third-order valence-corrected chi connectivity index (χ3v) is 3.15. The molecule has 0 aliphatic carbocycles. The zero-order chi connectivity index (χ0) is 20.9. The molecular weight excluding hydrogens is 366 g/mol. The number of nitrogens with zero attached hydrogens (tertiary/aromatic N) is 2. The Bertz CT molecular complexity index is 891. The molecule has 9 heteroatoms. The SMILES string of the molecule is COC(=O)c1nc(Oc2ccccc2)c(C(C)=O)nc1NC(=O)OC(C)(C)C. The fraction of sp³-hybridized carbons (Fsp3) is 0.316. The summed E-state index contributed by atoms with van der Waals surface area (Å²) >= 11 is 0. The van der Waals surface area contributed by atoms with Crippen molar-refractivity contribution in [1.82, 2.24) is 9.97 Å². The molecule has 28 heavy (non-hydrogen) atoms. The highest BCUT2D eigenvalue weighted by molar-refractivity contribution is 6.00. The van der Waals surface area contributed by atoms with Crippen molar-refractivity contribution in [2.45, 2.75) is 33.3 Å². The smallest absolute Gasteiger partial charge is 0.413 e. The van der Waals surface area contributed by atoms with E-state index in [-0.39, 0.29) is 23.1 Å². The van der Waals surface area contributed by atoms with Crippen LogP contribution in [0.2, 0.25) is 0 Å². The van der Waals surface area contributed by atoms with Crippen molar-refractivity contribution in [3.63, 3.8) is 0 Å². The molecule has 0 saturated heterocycles. The normalized spacial score (nSPS) is 10.8. The standard InChI is InChI=1S/C19H21N3O6/c1-11(23)13-16(27-12-9-7-6-8-10-12)21-14(17(24)26-5)15(20-13)22-18(25)28-19(2,3)4/h6-10H,1-5H3,(H,20,22,25). The maximum atomic E-state index is 12.1. The number of anilines is 1. The summed E-state index contributed by atoms with van der Waals surface area (Å²) in [6.45, 7) is 6.29. The lowest BCUT2D eigenvalue weighted by Crippen LogP contribution is -2.28. The van der Waals surface area contributed by atoms with E-state index in [1.165, 1.54) is 6.92 Å². The molecule has 148 valence electrons. The molecule has 0 unspecified atom stereocenters. The molecular formula is C19H21N3O6. The number of para-hydroxylation sites is 1. The van der Waals surface area contributed by atoms with E-state index in [1.54, 1.807) is 51.1 Å². The van der Waals surface area contributed by atoms with E-state index < -0.39 is 23.4 Å². The zero-order valence-corrected chi connectivity index (χ0v) is 16.2. The van der Waals surface area contributed by atoms with Gasteiger partial charge in [-0.1, -0.05) is 18.2 Å². The first kappa shape index (κ1) is 20.8.